The Kier molecular flexibility index (Phi) is 5.37. The number of rotatable bonds is 6. The number of hydrogen-bond acceptors (Lipinski definition) is 5. The third-order valence-corrected chi connectivity index (χ3v) is 3.15. The maximum absolute atomic E-state index is 11.9. The first kappa shape index (κ1) is 15.8. The van der Waals surface area contributed by atoms with E-state index in [4.69, 9.17) is 9.15 Å². The SMILES string of the molecule is COc1ccc(NC(=O)NC[C@@H](c2ccco2)N(C)C)cn1. The molecule has 0 saturated heterocycles. The van der Waals surface area contributed by atoms with Gasteiger partial charge in [-0.05, 0) is 32.3 Å². The molecule has 2 amide bonds. The van der Waals surface area contributed by atoms with Gasteiger partial charge < -0.3 is 19.8 Å². The summed E-state index contributed by atoms with van der Waals surface area (Å²) >= 11 is 0. The zero-order valence-electron chi connectivity index (χ0n) is 12.9. The summed E-state index contributed by atoms with van der Waals surface area (Å²) in [5.41, 5.74) is 0.595. The molecule has 0 aliphatic carbocycles. The Hall–Kier alpha value is -2.54. The predicted octanol–water partition coefficient (Wildman–Crippen LogP) is 2.11. The molecule has 22 heavy (non-hydrogen) atoms. The average molecular weight is 304 g/mol. The maximum Gasteiger partial charge on any atom is 0.319 e. The first-order chi connectivity index (χ1) is 10.6. The lowest BCUT2D eigenvalue weighted by atomic mass is 10.2. The van der Waals surface area contributed by atoms with Crippen molar-refractivity contribution in [3.05, 3.63) is 42.5 Å². The topological polar surface area (TPSA) is 79.6 Å². The molecular formula is C15H20N4O3. The quantitative estimate of drug-likeness (QED) is 0.854. The Labute approximate surface area is 129 Å². The van der Waals surface area contributed by atoms with Gasteiger partial charge in [-0.25, -0.2) is 9.78 Å². The number of amides is 2. The van der Waals surface area contributed by atoms with E-state index < -0.39 is 0 Å². The van der Waals surface area contributed by atoms with E-state index in [0.29, 0.717) is 18.1 Å². The number of furan rings is 1. The van der Waals surface area contributed by atoms with Gasteiger partial charge in [0, 0.05) is 12.6 Å². The largest absolute Gasteiger partial charge is 0.481 e. The minimum absolute atomic E-state index is 0.0326. The lowest BCUT2D eigenvalue weighted by Gasteiger charge is -2.22. The number of pyridine rings is 1. The van der Waals surface area contributed by atoms with Crippen LogP contribution >= 0.6 is 0 Å². The van der Waals surface area contributed by atoms with Gasteiger partial charge in [0.1, 0.15) is 5.76 Å². The monoisotopic (exact) mass is 304 g/mol. The fraction of sp³-hybridized carbons (Fsp3) is 0.333. The van der Waals surface area contributed by atoms with Crippen LogP contribution in [-0.4, -0.2) is 43.7 Å². The number of urea groups is 1. The molecule has 0 aliphatic heterocycles. The lowest BCUT2D eigenvalue weighted by Crippen LogP contribution is -2.36. The van der Waals surface area contributed by atoms with Gasteiger partial charge >= 0.3 is 6.03 Å². The predicted molar refractivity (Wildman–Crippen MR) is 82.9 cm³/mol. The Morgan fingerprint density at radius 1 is 1.41 bits per heavy atom. The molecule has 0 fully saturated rings. The summed E-state index contributed by atoms with van der Waals surface area (Å²) in [5, 5.41) is 5.53. The van der Waals surface area contributed by atoms with Crippen molar-refractivity contribution in [2.75, 3.05) is 33.1 Å². The van der Waals surface area contributed by atoms with Crippen molar-refractivity contribution in [2.45, 2.75) is 6.04 Å². The summed E-state index contributed by atoms with van der Waals surface area (Å²) in [4.78, 5) is 17.9. The van der Waals surface area contributed by atoms with E-state index in [-0.39, 0.29) is 12.1 Å². The highest BCUT2D eigenvalue weighted by molar-refractivity contribution is 5.89. The smallest absolute Gasteiger partial charge is 0.319 e. The molecule has 2 aromatic rings. The second-order valence-corrected chi connectivity index (χ2v) is 4.92. The molecule has 2 rings (SSSR count). The van der Waals surface area contributed by atoms with Crippen LogP contribution in [0.1, 0.15) is 11.8 Å². The number of nitrogens with zero attached hydrogens (tertiary/aromatic N) is 2. The molecular weight excluding hydrogens is 284 g/mol. The molecule has 0 saturated carbocycles. The molecule has 2 aromatic heterocycles. The molecule has 0 aliphatic rings. The van der Waals surface area contributed by atoms with Crippen LogP contribution in [-0.2, 0) is 0 Å². The van der Waals surface area contributed by atoms with Gasteiger partial charge in [-0.1, -0.05) is 0 Å². The van der Waals surface area contributed by atoms with Gasteiger partial charge in [-0.15, -0.1) is 0 Å². The zero-order valence-corrected chi connectivity index (χ0v) is 12.9. The fourth-order valence-corrected chi connectivity index (χ4v) is 1.96. The number of anilines is 1. The van der Waals surface area contributed by atoms with E-state index in [0.717, 1.165) is 5.76 Å². The summed E-state index contributed by atoms with van der Waals surface area (Å²) in [6, 6.07) is 6.79. The molecule has 0 spiro atoms. The maximum atomic E-state index is 11.9. The summed E-state index contributed by atoms with van der Waals surface area (Å²) in [5.74, 6) is 1.30. The van der Waals surface area contributed by atoms with Crippen molar-refractivity contribution in [1.29, 1.82) is 0 Å². The van der Waals surface area contributed by atoms with Crippen molar-refractivity contribution in [2.24, 2.45) is 0 Å². The number of ether oxygens (including phenoxy) is 1. The Balaban J connectivity index is 1.88. The molecule has 1 atom stereocenters. The standard InChI is InChI=1S/C15H20N4O3/c1-19(2)12(13-5-4-8-22-13)10-17-15(20)18-11-6-7-14(21-3)16-9-11/h4-9,12H,10H2,1-3H3,(H2,17,18,20)/t12-/m0/s1. The van der Waals surface area contributed by atoms with Gasteiger partial charge in [0.15, 0.2) is 0 Å². The van der Waals surface area contributed by atoms with E-state index in [9.17, 15) is 4.79 Å². The highest BCUT2D eigenvalue weighted by atomic mass is 16.5. The molecule has 2 N–H and O–H groups in total. The van der Waals surface area contributed by atoms with Crippen LogP contribution in [0.5, 0.6) is 5.88 Å². The summed E-state index contributed by atoms with van der Waals surface area (Å²) in [6.07, 6.45) is 3.16. The van der Waals surface area contributed by atoms with Crippen LogP contribution in [0, 0.1) is 0 Å². The van der Waals surface area contributed by atoms with Gasteiger partial charge in [-0.3, -0.25) is 4.90 Å². The summed E-state index contributed by atoms with van der Waals surface area (Å²) < 4.78 is 10.4. The molecule has 118 valence electrons. The van der Waals surface area contributed by atoms with Crippen molar-refractivity contribution in [3.8, 4) is 5.88 Å². The Bertz CT molecular complexity index is 581. The van der Waals surface area contributed by atoms with Gasteiger partial charge in [0.2, 0.25) is 5.88 Å². The average Bonchev–Trinajstić information content (AvgIpc) is 3.02. The van der Waals surface area contributed by atoms with E-state index in [1.54, 1.807) is 18.4 Å². The molecule has 0 aromatic carbocycles. The lowest BCUT2D eigenvalue weighted by molar-refractivity contribution is 0.233. The normalized spacial score (nSPS) is 12.0. The molecule has 7 nitrogen and oxygen atoms in total. The van der Waals surface area contributed by atoms with Crippen molar-refractivity contribution >= 4 is 11.7 Å². The number of hydrogen-bond donors (Lipinski definition) is 2. The van der Waals surface area contributed by atoms with E-state index in [1.165, 1.54) is 13.3 Å². The van der Waals surface area contributed by atoms with Crippen LogP contribution in [0.2, 0.25) is 0 Å². The molecule has 7 heteroatoms. The summed E-state index contributed by atoms with van der Waals surface area (Å²) in [7, 11) is 5.40. The van der Waals surface area contributed by atoms with Crippen LogP contribution in [0.3, 0.4) is 0 Å². The Morgan fingerprint density at radius 3 is 2.77 bits per heavy atom. The zero-order chi connectivity index (χ0) is 15.9. The third kappa shape index (κ3) is 4.23. The highest BCUT2D eigenvalue weighted by Gasteiger charge is 2.17. The fourth-order valence-electron chi connectivity index (χ4n) is 1.96. The number of aromatic nitrogens is 1. The Morgan fingerprint density at radius 2 is 2.23 bits per heavy atom. The number of carbonyl (C=O) groups excluding carboxylic acids is 1. The second kappa shape index (κ2) is 7.46. The van der Waals surface area contributed by atoms with E-state index in [2.05, 4.69) is 15.6 Å². The number of carbonyl (C=O) groups is 1. The van der Waals surface area contributed by atoms with Gasteiger partial charge in [0.25, 0.3) is 0 Å². The van der Waals surface area contributed by atoms with Crippen LogP contribution in [0.15, 0.2) is 41.1 Å². The number of nitrogens with one attached hydrogen (secondary N) is 2. The minimum Gasteiger partial charge on any atom is -0.481 e. The minimum atomic E-state index is -0.301. The van der Waals surface area contributed by atoms with E-state index >= 15 is 0 Å². The van der Waals surface area contributed by atoms with Crippen molar-refractivity contribution in [3.63, 3.8) is 0 Å². The van der Waals surface area contributed by atoms with E-state index in [1.807, 2.05) is 31.1 Å². The highest BCUT2D eigenvalue weighted by Crippen LogP contribution is 2.17. The number of likely N-dealkylation sites (N-methyl/N-ethyl adjacent to an activating group) is 1. The van der Waals surface area contributed by atoms with Gasteiger partial charge in [0.05, 0.1) is 31.3 Å². The third-order valence-electron chi connectivity index (χ3n) is 3.15. The first-order valence-corrected chi connectivity index (χ1v) is 6.85. The van der Waals surface area contributed by atoms with Crippen molar-refractivity contribution in [1.82, 2.24) is 15.2 Å². The van der Waals surface area contributed by atoms with Gasteiger partial charge in [-0.2, -0.15) is 0 Å². The van der Waals surface area contributed by atoms with Crippen LogP contribution < -0.4 is 15.4 Å². The molecule has 0 unspecified atom stereocenters. The second-order valence-electron chi connectivity index (χ2n) is 4.92. The first-order valence-electron chi connectivity index (χ1n) is 6.85. The molecule has 0 bridgehead atoms. The number of methoxy groups -OCH3 is 1. The van der Waals surface area contributed by atoms with Crippen molar-refractivity contribution < 1.29 is 13.9 Å². The molecule has 0 radical (unpaired) electrons. The van der Waals surface area contributed by atoms with Crippen LogP contribution in [0.25, 0.3) is 0 Å². The van der Waals surface area contributed by atoms with Crippen LogP contribution in [0.4, 0.5) is 10.5 Å². The summed E-state index contributed by atoms with van der Waals surface area (Å²) in [6.45, 7) is 0.427. The molecule has 2 heterocycles.